The molecule has 2 heteroatoms. The second-order valence-corrected chi connectivity index (χ2v) is 3.35. The number of likely N-dealkylation sites (N-methyl/N-ethyl adjacent to an activating group) is 1. The van der Waals surface area contributed by atoms with E-state index in [0.717, 1.165) is 6.61 Å². The van der Waals surface area contributed by atoms with E-state index in [1.165, 1.54) is 19.4 Å². The Labute approximate surface area is 69.5 Å². The van der Waals surface area contributed by atoms with Gasteiger partial charge < -0.3 is 9.64 Å². The first kappa shape index (κ1) is 9.01. The average molecular weight is 157 g/mol. The van der Waals surface area contributed by atoms with Crippen molar-refractivity contribution in [3.05, 3.63) is 0 Å². The van der Waals surface area contributed by atoms with Gasteiger partial charge in [-0.3, -0.25) is 0 Å². The average Bonchev–Trinajstić information content (AvgIpc) is 2.36. The molecule has 0 amide bonds. The van der Waals surface area contributed by atoms with Crippen LogP contribution in [0.3, 0.4) is 0 Å². The lowest BCUT2D eigenvalue weighted by atomic mass is 10.1. The summed E-state index contributed by atoms with van der Waals surface area (Å²) >= 11 is 0. The first-order valence-corrected chi connectivity index (χ1v) is 4.57. The quantitative estimate of drug-likeness (QED) is 0.615. The molecule has 11 heavy (non-hydrogen) atoms. The van der Waals surface area contributed by atoms with Crippen molar-refractivity contribution in [2.24, 2.45) is 0 Å². The molecule has 1 fully saturated rings. The fourth-order valence-electron chi connectivity index (χ4n) is 1.90. The molecule has 0 bridgehead atoms. The number of rotatable bonds is 3. The van der Waals surface area contributed by atoms with Crippen LogP contribution in [0.2, 0.25) is 0 Å². The van der Waals surface area contributed by atoms with Gasteiger partial charge in [0.05, 0.1) is 6.10 Å². The minimum absolute atomic E-state index is 0.410. The fraction of sp³-hybridized carbons (Fsp3) is 1.00. The number of likely N-dealkylation sites (tertiary alicyclic amines) is 1. The highest BCUT2D eigenvalue weighted by molar-refractivity contribution is 4.81. The van der Waals surface area contributed by atoms with Gasteiger partial charge in [-0.1, -0.05) is 0 Å². The van der Waals surface area contributed by atoms with Crippen LogP contribution >= 0.6 is 0 Å². The van der Waals surface area contributed by atoms with E-state index in [9.17, 15) is 0 Å². The zero-order valence-corrected chi connectivity index (χ0v) is 7.84. The van der Waals surface area contributed by atoms with Gasteiger partial charge in [0.15, 0.2) is 0 Å². The molecule has 2 nitrogen and oxygen atoms in total. The maximum absolute atomic E-state index is 5.55. The Kier molecular flexibility index (Phi) is 3.34. The molecule has 0 aromatic heterocycles. The number of hydrogen-bond acceptors (Lipinski definition) is 2. The molecule has 66 valence electrons. The first-order chi connectivity index (χ1) is 5.25. The Morgan fingerprint density at radius 2 is 2.36 bits per heavy atom. The van der Waals surface area contributed by atoms with Gasteiger partial charge in [0.25, 0.3) is 0 Å². The maximum Gasteiger partial charge on any atom is 0.0701 e. The predicted octanol–water partition coefficient (Wildman–Crippen LogP) is 1.51. The SMILES string of the molecule is CCOC(C)C1CCCN1C. The van der Waals surface area contributed by atoms with Gasteiger partial charge in [0, 0.05) is 12.6 Å². The summed E-state index contributed by atoms with van der Waals surface area (Å²) in [7, 11) is 2.19. The lowest BCUT2D eigenvalue weighted by Crippen LogP contribution is -2.36. The Hall–Kier alpha value is -0.0800. The summed E-state index contributed by atoms with van der Waals surface area (Å²) in [4.78, 5) is 2.40. The summed E-state index contributed by atoms with van der Waals surface area (Å²) in [5.74, 6) is 0. The summed E-state index contributed by atoms with van der Waals surface area (Å²) in [6.07, 6.45) is 3.04. The number of ether oxygens (including phenoxy) is 1. The number of nitrogens with zero attached hydrogens (tertiary/aromatic N) is 1. The lowest BCUT2D eigenvalue weighted by molar-refractivity contribution is 0.0236. The van der Waals surface area contributed by atoms with E-state index < -0.39 is 0 Å². The van der Waals surface area contributed by atoms with E-state index in [1.807, 2.05) is 0 Å². The van der Waals surface area contributed by atoms with Crippen molar-refractivity contribution in [1.29, 1.82) is 0 Å². The van der Waals surface area contributed by atoms with Crippen molar-refractivity contribution >= 4 is 0 Å². The van der Waals surface area contributed by atoms with Crippen LogP contribution in [-0.4, -0.2) is 37.2 Å². The summed E-state index contributed by atoms with van der Waals surface area (Å²) in [6, 6.07) is 0.662. The van der Waals surface area contributed by atoms with Crippen molar-refractivity contribution in [3.63, 3.8) is 0 Å². The molecule has 0 aromatic carbocycles. The van der Waals surface area contributed by atoms with Gasteiger partial charge in [-0.25, -0.2) is 0 Å². The fourth-order valence-corrected chi connectivity index (χ4v) is 1.90. The van der Waals surface area contributed by atoms with Crippen molar-refractivity contribution < 1.29 is 4.74 Å². The highest BCUT2D eigenvalue weighted by Gasteiger charge is 2.26. The second-order valence-electron chi connectivity index (χ2n) is 3.35. The van der Waals surface area contributed by atoms with E-state index in [1.54, 1.807) is 0 Å². The zero-order chi connectivity index (χ0) is 8.27. The maximum atomic E-state index is 5.55. The van der Waals surface area contributed by atoms with E-state index in [2.05, 4.69) is 25.8 Å². The van der Waals surface area contributed by atoms with Gasteiger partial charge in [0.2, 0.25) is 0 Å². The molecule has 0 spiro atoms. The molecule has 0 N–H and O–H groups in total. The van der Waals surface area contributed by atoms with Gasteiger partial charge in [-0.15, -0.1) is 0 Å². The van der Waals surface area contributed by atoms with Crippen LogP contribution in [0.25, 0.3) is 0 Å². The summed E-state index contributed by atoms with van der Waals surface area (Å²) in [6.45, 7) is 6.31. The lowest BCUT2D eigenvalue weighted by Gasteiger charge is -2.25. The Morgan fingerprint density at radius 1 is 1.64 bits per heavy atom. The molecule has 1 aliphatic rings. The van der Waals surface area contributed by atoms with Crippen LogP contribution in [0.1, 0.15) is 26.7 Å². The summed E-state index contributed by atoms with van der Waals surface area (Å²) < 4.78 is 5.55. The third kappa shape index (κ3) is 2.17. The second kappa shape index (κ2) is 4.07. The molecule has 1 rings (SSSR count). The van der Waals surface area contributed by atoms with Crippen LogP contribution in [-0.2, 0) is 4.74 Å². The molecule has 1 heterocycles. The molecule has 0 aliphatic carbocycles. The molecule has 1 saturated heterocycles. The monoisotopic (exact) mass is 157 g/mol. The van der Waals surface area contributed by atoms with Gasteiger partial charge in [0.1, 0.15) is 0 Å². The van der Waals surface area contributed by atoms with Crippen molar-refractivity contribution in [3.8, 4) is 0 Å². The van der Waals surface area contributed by atoms with Gasteiger partial charge in [-0.2, -0.15) is 0 Å². The first-order valence-electron chi connectivity index (χ1n) is 4.57. The van der Waals surface area contributed by atoms with E-state index in [0.29, 0.717) is 12.1 Å². The highest BCUT2D eigenvalue weighted by Crippen LogP contribution is 2.19. The Balaban J connectivity index is 2.33. The normalized spacial score (nSPS) is 29.2. The van der Waals surface area contributed by atoms with Crippen molar-refractivity contribution in [1.82, 2.24) is 4.90 Å². The molecule has 2 atom stereocenters. The van der Waals surface area contributed by atoms with E-state index >= 15 is 0 Å². The van der Waals surface area contributed by atoms with Crippen LogP contribution in [0.15, 0.2) is 0 Å². The molecule has 0 radical (unpaired) electrons. The zero-order valence-electron chi connectivity index (χ0n) is 7.84. The Bertz CT molecular complexity index is 116. The van der Waals surface area contributed by atoms with Gasteiger partial charge in [-0.05, 0) is 40.3 Å². The third-order valence-corrected chi connectivity index (χ3v) is 2.55. The largest absolute Gasteiger partial charge is 0.377 e. The van der Waals surface area contributed by atoms with E-state index in [-0.39, 0.29) is 0 Å². The molecule has 1 aliphatic heterocycles. The molecular formula is C9H19NO. The smallest absolute Gasteiger partial charge is 0.0701 e. The summed E-state index contributed by atoms with van der Waals surface area (Å²) in [5.41, 5.74) is 0. The van der Waals surface area contributed by atoms with E-state index in [4.69, 9.17) is 4.74 Å². The van der Waals surface area contributed by atoms with Crippen LogP contribution in [0, 0.1) is 0 Å². The Morgan fingerprint density at radius 3 is 2.82 bits per heavy atom. The molecule has 2 unspecified atom stereocenters. The predicted molar refractivity (Wildman–Crippen MR) is 46.7 cm³/mol. The minimum atomic E-state index is 0.410. The standard InChI is InChI=1S/C9H19NO/c1-4-11-8(2)9-6-5-7-10(9)3/h8-9H,4-7H2,1-3H3. The topological polar surface area (TPSA) is 12.5 Å². The van der Waals surface area contributed by atoms with Crippen LogP contribution < -0.4 is 0 Å². The highest BCUT2D eigenvalue weighted by atomic mass is 16.5. The minimum Gasteiger partial charge on any atom is -0.377 e. The number of hydrogen-bond donors (Lipinski definition) is 0. The van der Waals surface area contributed by atoms with Crippen LogP contribution in [0.4, 0.5) is 0 Å². The molecule has 0 saturated carbocycles. The van der Waals surface area contributed by atoms with Crippen molar-refractivity contribution in [2.75, 3.05) is 20.2 Å². The van der Waals surface area contributed by atoms with Gasteiger partial charge >= 0.3 is 0 Å². The van der Waals surface area contributed by atoms with Crippen molar-refractivity contribution in [2.45, 2.75) is 38.8 Å². The third-order valence-electron chi connectivity index (χ3n) is 2.55. The molecular weight excluding hydrogens is 138 g/mol. The molecule has 0 aromatic rings. The summed E-state index contributed by atoms with van der Waals surface area (Å²) in [5, 5.41) is 0. The van der Waals surface area contributed by atoms with Crippen LogP contribution in [0.5, 0.6) is 0 Å².